The van der Waals surface area contributed by atoms with Crippen molar-refractivity contribution in [1.29, 1.82) is 10.5 Å². The van der Waals surface area contributed by atoms with Crippen LogP contribution in [-0.2, 0) is 6.54 Å². The minimum Gasteiger partial charge on any atom is -0.394 e. The van der Waals surface area contributed by atoms with Crippen LogP contribution in [0.3, 0.4) is 0 Å². The third-order valence-corrected chi connectivity index (χ3v) is 3.41. The van der Waals surface area contributed by atoms with E-state index in [-0.39, 0.29) is 46.4 Å². The van der Waals surface area contributed by atoms with Crippen molar-refractivity contribution < 1.29 is 9.50 Å². The molecule has 0 saturated heterocycles. The summed E-state index contributed by atoms with van der Waals surface area (Å²) in [7, 11) is 0. The number of nitrogens with zero attached hydrogens (tertiary/aromatic N) is 4. The minimum absolute atomic E-state index is 0.0141. The second-order valence-corrected chi connectivity index (χ2v) is 4.88. The van der Waals surface area contributed by atoms with Gasteiger partial charge in [0.05, 0.1) is 23.7 Å². The summed E-state index contributed by atoms with van der Waals surface area (Å²) in [4.78, 5) is 0. The van der Waals surface area contributed by atoms with Crippen molar-refractivity contribution in [1.82, 2.24) is 9.78 Å². The number of hydrogen-bond acceptors (Lipinski definition) is 5. The van der Waals surface area contributed by atoms with Gasteiger partial charge in [-0.3, -0.25) is 0 Å². The van der Waals surface area contributed by atoms with Crippen molar-refractivity contribution in [3.8, 4) is 12.1 Å². The molecule has 0 aliphatic heterocycles. The molecule has 1 aromatic heterocycles. The van der Waals surface area contributed by atoms with E-state index < -0.39 is 5.82 Å². The predicted molar refractivity (Wildman–Crippen MR) is 83.3 cm³/mol. The van der Waals surface area contributed by atoms with Crippen LogP contribution in [-0.4, -0.2) is 21.5 Å². The van der Waals surface area contributed by atoms with Gasteiger partial charge in [0.25, 0.3) is 0 Å². The van der Waals surface area contributed by atoms with Crippen LogP contribution in [0, 0.1) is 28.5 Å². The highest BCUT2D eigenvalue weighted by atomic mass is 35.5. The number of anilines is 1. The summed E-state index contributed by atoms with van der Waals surface area (Å²) in [5, 5.41) is 31.7. The monoisotopic (exact) mass is 331 g/mol. The lowest BCUT2D eigenvalue weighted by Crippen LogP contribution is -2.07. The van der Waals surface area contributed by atoms with Gasteiger partial charge >= 0.3 is 0 Å². The van der Waals surface area contributed by atoms with E-state index in [1.54, 1.807) is 0 Å². The van der Waals surface area contributed by atoms with Gasteiger partial charge in [0.2, 0.25) is 0 Å². The average Bonchev–Trinajstić information content (AvgIpc) is 2.84. The first-order valence-electron chi connectivity index (χ1n) is 6.46. The van der Waals surface area contributed by atoms with Crippen molar-refractivity contribution >= 4 is 29.1 Å². The summed E-state index contributed by atoms with van der Waals surface area (Å²) >= 11 is 5.94. The number of hydrogen-bond donors (Lipinski definition) is 2. The number of rotatable bonds is 4. The Bertz CT molecular complexity index is 840. The van der Waals surface area contributed by atoms with E-state index in [0.717, 1.165) is 0 Å². The molecule has 3 N–H and O–H groups in total. The number of aromatic nitrogens is 2. The van der Waals surface area contributed by atoms with Crippen LogP contribution in [0.25, 0.3) is 11.6 Å². The van der Waals surface area contributed by atoms with Crippen molar-refractivity contribution in [3.63, 3.8) is 0 Å². The van der Waals surface area contributed by atoms with Gasteiger partial charge in [0, 0.05) is 5.56 Å². The molecule has 8 heteroatoms. The third-order valence-electron chi connectivity index (χ3n) is 3.08. The zero-order valence-corrected chi connectivity index (χ0v) is 12.5. The maximum absolute atomic E-state index is 13.9. The van der Waals surface area contributed by atoms with Crippen LogP contribution in [0.5, 0.6) is 0 Å². The fourth-order valence-electron chi connectivity index (χ4n) is 1.99. The topological polar surface area (TPSA) is 112 Å². The number of nitriles is 2. The summed E-state index contributed by atoms with van der Waals surface area (Å²) in [6.45, 7) is -0.166. The Morgan fingerprint density at radius 1 is 1.48 bits per heavy atom. The first-order chi connectivity index (χ1) is 11.0. The molecule has 1 aromatic carbocycles. The normalized spacial score (nSPS) is 11.1. The molecule has 116 valence electrons. The number of nitrogens with two attached hydrogens (primary N) is 1. The van der Waals surface area contributed by atoms with Crippen molar-refractivity contribution in [2.45, 2.75) is 6.54 Å². The molecule has 0 saturated carbocycles. The van der Waals surface area contributed by atoms with Crippen LogP contribution in [0.4, 0.5) is 10.2 Å². The highest BCUT2D eigenvalue weighted by Crippen LogP contribution is 2.28. The van der Waals surface area contributed by atoms with Gasteiger partial charge in [0.1, 0.15) is 35.0 Å². The molecule has 0 atom stereocenters. The maximum atomic E-state index is 13.9. The number of nitrogen functional groups attached to an aromatic ring is 1. The number of aliphatic hydroxyl groups is 1. The van der Waals surface area contributed by atoms with Crippen LogP contribution in [0.1, 0.15) is 16.8 Å². The van der Waals surface area contributed by atoms with E-state index in [1.807, 2.05) is 12.1 Å². The zero-order chi connectivity index (χ0) is 17.0. The van der Waals surface area contributed by atoms with Crippen molar-refractivity contribution in [2.24, 2.45) is 0 Å². The minimum atomic E-state index is -0.605. The number of allylic oxidation sites excluding steroid dienone is 1. The Hall–Kier alpha value is -2.87. The molecule has 0 amide bonds. The number of benzene rings is 1. The first kappa shape index (κ1) is 16.5. The van der Waals surface area contributed by atoms with E-state index in [9.17, 15) is 14.9 Å². The van der Waals surface area contributed by atoms with Crippen LogP contribution in [0.2, 0.25) is 5.02 Å². The fourth-order valence-corrected chi connectivity index (χ4v) is 2.20. The van der Waals surface area contributed by atoms with Crippen LogP contribution in [0.15, 0.2) is 18.2 Å². The maximum Gasteiger partial charge on any atom is 0.140 e. The van der Waals surface area contributed by atoms with Crippen LogP contribution < -0.4 is 5.73 Å². The summed E-state index contributed by atoms with van der Waals surface area (Å²) in [5.41, 5.74) is 5.74. The van der Waals surface area contributed by atoms with E-state index >= 15 is 0 Å². The SMILES string of the molecule is N#C/C(=C\c1c(F)cccc1Cl)c1nn(CCO)c(N)c1C#N. The molecule has 0 radical (unpaired) electrons. The average molecular weight is 332 g/mol. The quantitative estimate of drug-likeness (QED) is 0.834. The molecular formula is C15H11ClFN5O. The molecule has 0 spiro atoms. The van der Waals surface area contributed by atoms with Gasteiger partial charge in [-0.05, 0) is 18.2 Å². The lowest BCUT2D eigenvalue weighted by molar-refractivity contribution is 0.270. The standard InChI is InChI=1S/C15H11ClFN5O/c16-12-2-1-3-13(17)10(12)6-9(7-18)14-11(8-19)15(20)22(21-14)4-5-23/h1-3,6,23H,4-5,20H2/b9-6+. The summed E-state index contributed by atoms with van der Waals surface area (Å²) in [6, 6.07) is 7.86. The highest BCUT2D eigenvalue weighted by Gasteiger charge is 2.19. The highest BCUT2D eigenvalue weighted by molar-refractivity contribution is 6.32. The van der Waals surface area contributed by atoms with E-state index in [4.69, 9.17) is 22.4 Å². The van der Waals surface area contributed by atoms with Crippen molar-refractivity contribution in [3.05, 3.63) is 45.9 Å². The second-order valence-electron chi connectivity index (χ2n) is 4.47. The summed E-state index contributed by atoms with van der Waals surface area (Å²) in [6.07, 6.45) is 1.21. The van der Waals surface area contributed by atoms with Gasteiger partial charge in [-0.25, -0.2) is 9.07 Å². The molecule has 0 bridgehead atoms. The summed E-state index contributed by atoms with van der Waals surface area (Å²) in [5.74, 6) is -0.580. The van der Waals surface area contributed by atoms with E-state index in [2.05, 4.69) is 5.10 Å². The number of halogens is 2. The van der Waals surface area contributed by atoms with Crippen LogP contribution >= 0.6 is 11.6 Å². The van der Waals surface area contributed by atoms with Gasteiger partial charge in [-0.1, -0.05) is 17.7 Å². The molecule has 0 aliphatic rings. The third kappa shape index (κ3) is 3.16. The Morgan fingerprint density at radius 3 is 2.78 bits per heavy atom. The van der Waals surface area contributed by atoms with Crippen molar-refractivity contribution in [2.75, 3.05) is 12.3 Å². The molecule has 2 aromatic rings. The summed E-state index contributed by atoms with van der Waals surface area (Å²) < 4.78 is 15.1. The molecule has 1 heterocycles. The predicted octanol–water partition coefficient (Wildman–Crippen LogP) is 2.19. The molecule has 6 nitrogen and oxygen atoms in total. The first-order valence-corrected chi connectivity index (χ1v) is 6.84. The molecule has 2 rings (SSSR count). The fraction of sp³-hybridized carbons (Fsp3) is 0.133. The molecular weight excluding hydrogens is 321 g/mol. The van der Waals surface area contributed by atoms with Gasteiger partial charge in [0.15, 0.2) is 0 Å². The molecule has 0 unspecified atom stereocenters. The van der Waals surface area contributed by atoms with E-state index in [0.29, 0.717) is 0 Å². The Morgan fingerprint density at radius 2 is 2.22 bits per heavy atom. The largest absolute Gasteiger partial charge is 0.394 e. The molecule has 0 fully saturated rings. The Labute approximate surface area is 136 Å². The second kappa shape index (κ2) is 6.93. The zero-order valence-electron chi connectivity index (χ0n) is 11.8. The molecule has 0 aliphatic carbocycles. The van der Waals surface area contributed by atoms with E-state index in [1.165, 1.54) is 29.0 Å². The van der Waals surface area contributed by atoms with Gasteiger partial charge < -0.3 is 10.8 Å². The molecule has 23 heavy (non-hydrogen) atoms. The smallest absolute Gasteiger partial charge is 0.140 e. The Balaban J connectivity index is 2.64. The Kier molecular flexibility index (Phi) is 4.97. The lowest BCUT2D eigenvalue weighted by atomic mass is 10.1. The lowest BCUT2D eigenvalue weighted by Gasteiger charge is -2.01. The van der Waals surface area contributed by atoms with Gasteiger partial charge in [-0.2, -0.15) is 15.6 Å². The number of aliphatic hydroxyl groups excluding tert-OH is 1. The van der Waals surface area contributed by atoms with Gasteiger partial charge in [-0.15, -0.1) is 0 Å².